The molecule has 1 heterocycles. The lowest BCUT2D eigenvalue weighted by Gasteiger charge is -2.30. The number of ether oxygens (including phenoxy) is 4. The van der Waals surface area contributed by atoms with Crippen molar-refractivity contribution in [1.29, 1.82) is 0 Å². The van der Waals surface area contributed by atoms with Crippen LogP contribution in [0.2, 0.25) is 0 Å². The summed E-state index contributed by atoms with van der Waals surface area (Å²) in [6, 6.07) is 7.74. The van der Waals surface area contributed by atoms with Gasteiger partial charge in [-0.1, -0.05) is 24.3 Å². The molecule has 4 atom stereocenters. The van der Waals surface area contributed by atoms with Gasteiger partial charge in [-0.05, 0) is 31.5 Å². The molecular formula is C17H22O5. The van der Waals surface area contributed by atoms with Crippen molar-refractivity contribution in [2.75, 3.05) is 7.11 Å². The minimum Gasteiger partial charge on any atom is -0.497 e. The molecule has 1 saturated heterocycles. The monoisotopic (exact) mass is 306 g/mol. The van der Waals surface area contributed by atoms with Crippen molar-refractivity contribution in [3.05, 3.63) is 42.0 Å². The smallest absolute Gasteiger partial charge is 0.164 e. The van der Waals surface area contributed by atoms with Gasteiger partial charge < -0.3 is 24.1 Å². The van der Waals surface area contributed by atoms with E-state index in [4.69, 9.17) is 18.9 Å². The molecule has 0 spiro atoms. The zero-order chi connectivity index (χ0) is 15.7. The quantitative estimate of drug-likeness (QED) is 0.863. The fraction of sp³-hybridized carbons (Fsp3) is 0.529. The minimum atomic E-state index is -0.704. The fourth-order valence-corrected chi connectivity index (χ4v) is 2.84. The molecule has 1 aromatic rings. The van der Waals surface area contributed by atoms with Gasteiger partial charge in [0, 0.05) is 0 Å². The molecule has 120 valence electrons. The number of rotatable bonds is 4. The van der Waals surface area contributed by atoms with Gasteiger partial charge in [0.05, 0.1) is 13.7 Å². The van der Waals surface area contributed by atoms with Crippen LogP contribution in [0.4, 0.5) is 0 Å². The number of methoxy groups -OCH3 is 1. The van der Waals surface area contributed by atoms with Gasteiger partial charge in [0.2, 0.25) is 0 Å². The van der Waals surface area contributed by atoms with Crippen molar-refractivity contribution < 1.29 is 24.1 Å². The Labute approximate surface area is 130 Å². The van der Waals surface area contributed by atoms with E-state index in [9.17, 15) is 5.11 Å². The van der Waals surface area contributed by atoms with Crippen LogP contribution in [-0.4, -0.2) is 42.4 Å². The van der Waals surface area contributed by atoms with E-state index in [-0.39, 0.29) is 18.3 Å². The van der Waals surface area contributed by atoms with E-state index in [2.05, 4.69) is 0 Å². The normalized spacial score (nSPS) is 32.7. The van der Waals surface area contributed by atoms with Crippen LogP contribution in [0.3, 0.4) is 0 Å². The van der Waals surface area contributed by atoms with Crippen molar-refractivity contribution >= 4 is 0 Å². The zero-order valence-corrected chi connectivity index (χ0v) is 13.1. The first-order chi connectivity index (χ1) is 10.5. The Bertz CT molecular complexity index is 536. The predicted octanol–water partition coefficient (Wildman–Crippen LogP) is 2.03. The summed E-state index contributed by atoms with van der Waals surface area (Å²) in [7, 11) is 1.64. The first-order valence-corrected chi connectivity index (χ1v) is 7.45. The van der Waals surface area contributed by atoms with Gasteiger partial charge in [-0.3, -0.25) is 0 Å². The number of hydrogen-bond donors (Lipinski definition) is 1. The molecule has 1 N–H and O–H groups in total. The van der Waals surface area contributed by atoms with Crippen LogP contribution in [-0.2, 0) is 20.8 Å². The predicted molar refractivity (Wildman–Crippen MR) is 80.5 cm³/mol. The summed E-state index contributed by atoms with van der Waals surface area (Å²) in [5, 5.41) is 10.0. The van der Waals surface area contributed by atoms with Crippen LogP contribution in [0, 0.1) is 0 Å². The number of aliphatic hydroxyl groups excluding tert-OH is 1. The van der Waals surface area contributed by atoms with E-state index < -0.39 is 11.9 Å². The summed E-state index contributed by atoms with van der Waals surface area (Å²) < 4.78 is 22.7. The van der Waals surface area contributed by atoms with E-state index in [1.165, 1.54) is 0 Å². The first kappa shape index (κ1) is 15.5. The Morgan fingerprint density at radius 1 is 1.09 bits per heavy atom. The maximum absolute atomic E-state index is 10.0. The molecule has 2 aliphatic rings. The maximum atomic E-state index is 10.0. The lowest BCUT2D eigenvalue weighted by molar-refractivity contribution is -0.158. The minimum absolute atomic E-state index is 0.239. The average molecular weight is 306 g/mol. The summed E-state index contributed by atoms with van der Waals surface area (Å²) in [5.74, 6) is 0.114. The molecule has 0 bridgehead atoms. The lowest BCUT2D eigenvalue weighted by atomic mass is 9.96. The Balaban J connectivity index is 1.65. The molecular weight excluding hydrogens is 284 g/mol. The molecule has 0 unspecified atom stereocenters. The molecule has 5 nitrogen and oxygen atoms in total. The highest BCUT2D eigenvalue weighted by molar-refractivity contribution is 5.26. The van der Waals surface area contributed by atoms with E-state index in [1.54, 1.807) is 13.2 Å². The topological polar surface area (TPSA) is 57.2 Å². The van der Waals surface area contributed by atoms with Gasteiger partial charge in [0.15, 0.2) is 5.79 Å². The molecule has 0 saturated carbocycles. The average Bonchev–Trinajstić information content (AvgIpc) is 2.83. The number of aliphatic hydroxyl groups is 1. The summed E-state index contributed by atoms with van der Waals surface area (Å²) in [4.78, 5) is 0. The molecule has 1 aliphatic heterocycles. The first-order valence-electron chi connectivity index (χ1n) is 7.45. The molecule has 0 amide bonds. The number of hydrogen-bond acceptors (Lipinski definition) is 5. The van der Waals surface area contributed by atoms with Crippen LogP contribution in [0.25, 0.3) is 0 Å². The third kappa shape index (κ3) is 3.17. The van der Waals surface area contributed by atoms with Crippen molar-refractivity contribution in [3.63, 3.8) is 0 Å². The van der Waals surface area contributed by atoms with Crippen molar-refractivity contribution in [2.45, 2.75) is 50.7 Å². The summed E-state index contributed by atoms with van der Waals surface area (Å²) in [6.07, 6.45) is 1.98. The second kappa shape index (κ2) is 6.01. The van der Waals surface area contributed by atoms with Crippen LogP contribution in [0.15, 0.2) is 36.4 Å². The maximum Gasteiger partial charge on any atom is 0.164 e. The third-order valence-corrected chi connectivity index (χ3v) is 3.92. The van der Waals surface area contributed by atoms with Crippen LogP contribution < -0.4 is 4.74 Å². The number of benzene rings is 1. The molecule has 22 heavy (non-hydrogen) atoms. The largest absolute Gasteiger partial charge is 0.497 e. The molecule has 1 aliphatic carbocycles. The van der Waals surface area contributed by atoms with E-state index >= 15 is 0 Å². The standard InChI is InChI=1S/C17H22O5/c1-17(2)21-15-13(18)8-9-14(16(15)22-17)20-10-11-4-6-12(19-3)7-5-11/h4-9,13-16,18H,10H2,1-3H3/t13-,14-,15-,16+/m1/s1. The van der Waals surface area contributed by atoms with Crippen molar-refractivity contribution in [1.82, 2.24) is 0 Å². The number of fused-ring (bicyclic) bond motifs is 1. The van der Waals surface area contributed by atoms with Crippen LogP contribution in [0.1, 0.15) is 19.4 Å². The van der Waals surface area contributed by atoms with Crippen molar-refractivity contribution in [2.24, 2.45) is 0 Å². The third-order valence-electron chi connectivity index (χ3n) is 3.92. The highest BCUT2D eigenvalue weighted by Crippen LogP contribution is 2.35. The molecule has 0 radical (unpaired) electrons. The molecule has 1 fully saturated rings. The summed E-state index contributed by atoms with van der Waals surface area (Å²) >= 11 is 0. The highest BCUT2D eigenvalue weighted by Gasteiger charge is 2.49. The second-order valence-corrected chi connectivity index (χ2v) is 6.06. The lowest BCUT2D eigenvalue weighted by Crippen LogP contribution is -2.45. The van der Waals surface area contributed by atoms with Gasteiger partial charge in [-0.2, -0.15) is 0 Å². The fourth-order valence-electron chi connectivity index (χ4n) is 2.84. The SMILES string of the molecule is COc1ccc(CO[C@@H]2C=C[C@@H](O)[C@H]3OC(C)(C)O[C@H]32)cc1. The molecule has 1 aromatic carbocycles. The van der Waals surface area contributed by atoms with Crippen molar-refractivity contribution in [3.8, 4) is 5.75 Å². The molecule has 3 rings (SSSR count). The van der Waals surface area contributed by atoms with E-state index in [0.717, 1.165) is 11.3 Å². The Morgan fingerprint density at radius 2 is 1.77 bits per heavy atom. The Hall–Kier alpha value is -1.40. The van der Waals surface area contributed by atoms with E-state index in [1.807, 2.05) is 44.2 Å². The van der Waals surface area contributed by atoms with Crippen LogP contribution in [0.5, 0.6) is 5.75 Å². The molecule has 0 aromatic heterocycles. The van der Waals surface area contributed by atoms with Gasteiger partial charge in [-0.25, -0.2) is 0 Å². The summed E-state index contributed by atoms with van der Waals surface area (Å²) in [6.45, 7) is 4.15. The van der Waals surface area contributed by atoms with E-state index in [0.29, 0.717) is 6.61 Å². The van der Waals surface area contributed by atoms with Gasteiger partial charge in [-0.15, -0.1) is 0 Å². The molecule has 5 heteroatoms. The Morgan fingerprint density at radius 3 is 2.45 bits per heavy atom. The Kier molecular flexibility index (Phi) is 4.23. The second-order valence-electron chi connectivity index (χ2n) is 6.06. The highest BCUT2D eigenvalue weighted by atomic mass is 16.8. The van der Waals surface area contributed by atoms with Gasteiger partial charge >= 0.3 is 0 Å². The van der Waals surface area contributed by atoms with Crippen LogP contribution >= 0.6 is 0 Å². The van der Waals surface area contributed by atoms with Gasteiger partial charge in [0.25, 0.3) is 0 Å². The summed E-state index contributed by atoms with van der Waals surface area (Å²) in [5.41, 5.74) is 1.05. The zero-order valence-electron chi connectivity index (χ0n) is 13.1. The van der Waals surface area contributed by atoms with Gasteiger partial charge in [0.1, 0.15) is 30.2 Å².